The molecule has 1 aliphatic carbocycles. The molecule has 4 rings (SSSR count). The number of fused-ring (bicyclic) bond motifs is 1. The van der Waals surface area contributed by atoms with Gasteiger partial charge in [0.05, 0.1) is 20.3 Å². The Balaban J connectivity index is 1.62. The average Bonchev–Trinajstić information content (AvgIpc) is 3.47. The number of amides is 2. The van der Waals surface area contributed by atoms with E-state index >= 15 is 4.39 Å². The molecule has 2 heterocycles. The Hall–Kier alpha value is -2.85. The van der Waals surface area contributed by atoms with Crippen LogP contribution in [-0.2, 0) is 6.54 Å². The lowest BCUT2D eigenvalue weighted by Crippen LogP contribution is -2.52. The number of aromatic nitrogens is 2. The fourth-order valence-corrected chi connectivity index (χ4v) is 5.64. The van der Waals surface area contributed by atoms with Gasteiger partial charge in [0.2, 0.25) is 5.95 Å². The Kier molecular flexibility index (Phi) is 10.1. The van der Waals surface area contributed by atoms with Crippen molar-refractivity contribution in [1.82, 2.24) is 14.9 Å². The van der Waals surface area contributed by atoms with Gasteiger partial charge in [0.25, 0.3) is 0 Å². The number of unbranched alkanes of at least 4 members (excludes halogenated alkanes) is 1. The van der Waals surface area contributed by atoms with Crippen LogP contribution in [-0.4, -0.2) is 66.8 Å². The summed E-state index contributed by atoms with van der Waals surface area (Å²) >= 11 is 6.62. The summed E-state index contributed by atoms with van der Waals surface area (Å²) < 4.78 is 26.5. The van der Waals surface area contributed by atoms with Crippen molar-refractivity contribution >= 4 is 35.1 Å². The molecule has 2 aliphatic rings. The summed E-state index contributed by atoms with van der Waals surface area (Å²) in [6, 6.07) is 1.01. The topological polar surface area (TPSA) is 83.1 Å². The van der Waals surface area contributed by atoms with Crippen LogP contribution in [0.5, 0.6) is 11.5 Å². The first kappa shape index (κ1) is 29.1. The van der Waals surface area contributed by atoms with Crippen molar-refractivity contribution in [3.05, 3.63) is 28.7 Å². The molecule has 0 spiro atoms. The molecule has 0 unspecified atom stereocenters. The molecule has 0 atom stereocenters. The number of ether oxygens (including phenoxy) is 2. The van der Waals surface area contributed by atoms with E-state index < -0.39 is 5.82 Å². The predicted molar refractivity (Wildman–Crippen MR) is 153 cm³/mol. The van der Waals surface area contributed by atoms with Crippen molar-refractivity contribution in [2.75, 3.05) is 55.0 Å². The van der Waals surface area contributed by atoms with E-state index in [4.69, 9.17) is 26.1 Å². The second-order valence-electron chi connectivity index (χ2n) is 9.87. The molecule has 11 heteroatoms. The number of hydrogen-bond donors (Lipinski definition) is 1. The van der Waals surface area contributed by atoms with Gasteiger partial charge in [0.15, 0.2) is 11.6 Å². The number of nitrogens with one attached hydrogen (secondary N) is 1. The number of urea groups is 1. The number of carbonyl (C=O) groups excluding carboxylic acids is 1. The summed E-state index contributed by atoms with van der Waals surface area (Å²) in [5, 5.41) is 3.35. The summed E-state index contributed by atoms with van der Waals surface area (Å²) in [7, 11) is 1.37. The first-order chi connectivity index (χ1) is 18.9. The molecular formula is C28H40ClFN6O3. The van der Waals surface area contributed by atoms with E-state index in [1.165, 1.54) is 18.1 Å². The van der Waals surface area contributed by atoms with Gasteiger partial charge in [-0.3, -0.25) is 9.80 Å². The van der Waals surface area contributed by atoms with Gasteiger partial charge in [-0.15, -0.1) is 0 Å². The maximum absolute atomic E-state index is 15.6. The number of benzene rings is 1. The zero-order valence-corrected chi connectivity index (χ0v) is 24.2. The Bertz CT molecular complexity index is 1140. The first-order valence-electron chi connectivity index (χ1n) is 14.0. The van der Waals surface area contributed by atoms with Gasteiger partial charge in [0, 0.05) is 30.4 Å². The van der Waals surface area contributed by atoms with Crippen molar-refractivity contribution in [3.63, 3.8) is 0 Å². The molecule has 214 valence electrons. The van der Waals surface area contributed by atoms with Gasteiger partial charge in [0.1, 0.15) is 22.3 Å². The van der Waals surface area contributed by atoms with E-state index in [9.17, 15) is 4.79 Å². The first-order valence-corrected chi connectivity index (χ1v) is 14.4. The number of carbonyl (C=O) groups is 1. The van der Waals surface area contributed by atoms with Crippen LogP contribution in [0, 0.1) is 5.82 Å². The fraction of sp³-hybridized carbons (Fsp3) is 0.607. The lowest BCUT2D eigenvalue weighted by atomic mass is 10.1. The van der Waals surface area contributed by atoms with E-state index in [0.717, 1.165) is 70.3 Å². The van der Waals surface area contributed by atoms with Crippen molar-refractivity contribution in [2.45, 2.75) is 71.9 Å². The molecule has 0 saturated heterocycles. The highest BCUT2D eigenvalue weighted by molar-refractivity contribution is 6.35. The highest BCUT2D eigenvalue weighted by Gasteiger charge is 2.41. The minimum atomic E-state index is -0.710. The fourth-order valence-electron chi connectivity index (χ4n) is 5.35. The van der Waals surface area contributed by atoms with Crippen molar-refractivity contribution in [1.29, 1.82) is 0 Å². The van der Waals surface area contributed by atoms with Crippen LogP contribution in [0.15, 0.2) is 12.3 Å². The minimum absolute atomic E-state index is 0.0299. The number of hydrogen-bond acceptors (Lipinski definition) is 7. The number of halogens is 2. The van der Waals surface area contributed by atoms with E-state index in [1.54, 1.807) is 11.1 Å². The van der Waals surface area contributed by atoms with Crippen molar-refractivity contribution in [2.24, 2.45) is 0 Å². The smallest absolute Gasteiger partial charge is 0.330 e. The summed E-state index contributed by atoms with van der Waals surface area (Å²) in [4.78, 5) is 28.8. The molecule has 1 saturated carbocycles. The van der Waals surface area contributed by atoms with E-state index in [0.29, 0.717) is 18.4 Å². The van der Waals surface area contributed by atoms with Crippen LogP contribution in [0.25, 0.3) is 0 Å². The van der Waals surface area contributed by atoms with Crippen molar-refractivity contribution in [3.8, 4) is 11.5 Å². The van der Waals surface area contributed by atoms with Crippen LogP contribution in [0.1, 0.15) is 64.9 Å². The highest BCUT2D eigenvalue weighted by atomic mass is 35.5. The summed E-state index contributed by atoms with van der Waals surface area (Å²) in [5.41, 5.74) is 0.665. The lowest BCUT2D eigenvalue weighted by Gasteiger charge is -2.39. The van der Waals surface area contributed by atoms with Crippen LogP contribution >= 0.6 is 11.6 Å². The van der Waals surface area contributed by atoms with Crippen LogP contribution < -0.4 is 24.6 Å². The summed E-state index contributed by atoms with van der Waals surface area (Å²) in [5.74, 6) is 0.576. The molecule has 1 N–H and O–H groups in total. The molecular weight excluding hydrogens is 523 g/mol. The molecule has 1 aromatic carbocycles. The second-order valence-corrected chi connectivity index (χ2v) is 10.2. The maximum atomic E-state index is 15.6. The molecule has 1 fully saturated rings. The van der Waals surface area contributed by atoms with Gasteiger partial charge < -0.3 is 19.7 Å². The maximum Gasteiger partial charge on any atom is 0.330 e. The molecule has 9 nitrogen and oxygen atoms in total. The molecule has 2 aromatic rings. The van der Waals surface area contributed by atoms with Gasteiger partial charge in [-0.05, 0) is 52.2 Å². The molecule has 0 radical (unpaired) electrons. The quantitative estimate of drug-likeness (QED) is 0.295. The number of nitrogens with zero attached hydrogens (tertiary/aromatic N) is 5. The lowest BCUT2D eigenvalue weighted by molar-refractivity contribution is 0.247. The largest absolute Gasteiger partial charge is 0.493 e. The molecule has 1 aliphatic heterocycles. The summed E-state index contributed by atoms with van der Waals surface area (Å²) in [6.07, 6.45) is 7.55. The molecule has 1 aromatic heterocycles. The molecule has 39 heavy (non-hydrogen) atoms. The minimum Gasteiger partial charge on any atom is -0.493 e. The zero-order valence-electron chi connectivity index (χ0n) is 23.4. The van der Waals surface area contributed by atoms with Gasteiger partial charge in [-0.2, -0.15) is 4.98 Å². The van der Waals surface area contributed by atoms with Gasteiger partial charge in [-0.1, -0.05) is 38.3 Å². The van der Waals surface area contributed by atoms with Crippen LogP contribution in [0.4, 0.5) is 26.6 Å². The third-order valence-corrected chi connectivity index (χ3v) is 7.87. The van der Waals surface area contributed by atoms with Gasteiger partial charge in [-0.25, -0.2) is 14.2 Å². The number of methoxy groups -OCH3 is 1. The highest BCUT2D eigenvalue weighted by Crippen LogP contribution is 2.45. The molecule has 0 bridgehead atoms. The predicted octanol–water partition coefficient (Wildman–Crippen LogP) is 6.10. The zero-order chi connectivity index (χ0) is 27.9. The Morgan fingerprint density at radius 3 is 2.59 bits per heavy atom. The monoisotopic (exact) mass is 562 g/mol. The number of rotatable bonds is 13. The molecule has 2 amide bonds. The normalized spacial score (nSPS) is 15.7. The van der Waals surface area contributed by atoms with E-state index in [2.05, 4.69) is 29.0 Å². The third kappa shape index (κ3) is 6.32. The van der Waals surface area contributed by atoms with Crippen LogP contribution in [0.3, 0.4) is 0 Å². The summed E-state index contributed by atoms with van der Waals surface area (Å²) in [6.45, 7) is 10.5. The van der Waals surface area contributed by atoms with E-state index in [1.807, 2.05) is 6.92 Å². The average molecular weight is 563 g/mol. The van der Waals surface area contributed by atoms with Gasteiger partial charge >= 0.3 is 6.03 Å². The SMILES string of the molecule is CCOc1cc(OC)c(F)c(N2Cc3cnc(NCCCCN(CC)CC)nc3N(C3CCCC3)C2=O)c1Cl. The Labute approximate surface area is 235 Å². The number of anilines is 3. The third-order valence-electron chi connectivity index (χ3n) is 7.50. The van der Waals surface area contributed by atoms with E-state index in [-0.39, 0.29) is 40.8 Å². The van der Waals surface area contributed by atoms with Crippen LogP contribution in [0.2, 0.25) is 5.02 Å². The standard InChI is InChI=1S/C28H40ClFN6O3/c1-5-34(6-2)15-11-10-14-31-27-32-17-19-18-35(28(37)36(26(19)33-27)20-12-8-9-13-20)25-23(29)21(39-7-3)16-22(38-4)24(25)30/h16-17,20H,5-15,18H2,1-4H3,(H,31,32,33). The van der Waals surface area contributed by atoms with Crippen molar-refractivity contribution < 1.29 is 18.7 Å². The Morgan fingerprint density at radius 1 is 1.18 bits per heavy atom. The Morgan fingerprint density at radius 2 is 1.92 bits per heavy atom. The second kappa shape index (κ2) is 13.5.